The van der Waals surface area contributed by atoms with E-state index in [0.717, 1.165) is 24.2 Å². The van der Waals surface area contributed by atoms with Crippen LogP contribution in [0.4, 0.5) is 0 Å². The molecule has 1 aromatic rings. The quantitative estimate of drug-likeness (QED) is 0.777. The lowest BCUT2D eigenvalue weighted by Crippen LogP contribution is -2.36. The molecule has 0 heterocycles. The van der Waals surface area contributed by atoms with Crippen LogP contribution in [0.25, 0.3) is 0 Å². The number of carbonyl (C=O) groups excluding carboxylic acids is 1. The zero-order chi connectivity index (χ0) is 13.0. The normalized spacial score (nSPS) is 16.1. The molecule has 1 fully saturated rings. The fraction of sp³-hybridized carbons (Fsp3) is 0.500. The van der Waals surface area contributed by atoms with Gasteiger partial charge in [-0.05, 0) is 30.5 Å². The molecule has 1 aliphatic rings. The molecule has 0 bridgehead atoms. The second-order valence-electron chi connectivity index (χ2n) is 4.56. The number of methoxy groups -OCH3 is 2. The number of rotatable bonds is 6. The fourth-order valence-electron chi connectivity index (χ4n) is 2.12. The first-order chi connectivity index (χ1) is 8.73. The fourth-order valence-corrected chi connectivity index (χ4v) is 2.12. The predicted molar refractivity (Wildman–Crippen MR) is 68.8 cm³/mol. The summed E-state index contributed by atoms with van der Waals surface area (Å²) < 4.78 is 10.1. The van der Waals surface area contributed by atoms with Crippen LogP contribution in [0.3, 0.4) is 0 Å². The molecule has 18 heavy (non-hydrogen) atoms. The lowest BCUT2D eigenvalue weighted by molar-refractivity contribution is -0.123. The summed E-state index contributed by atoms with van der Waals surface area (Å²) in [6.45, 7) is 1.11. The molecule has 98 valence electrons. The third-order valence-corrected chi connectivity index (χ3v) is 3.42. The zero-order valence-electron chi connectivity index (χ0n) is 10.9. The SMILES string of the molecule is COCCNC(=O)C1(c2ccc(OC)cc2)CC1. The Bertz CT molecular complexity index is 410. The number of ether oxygens (including phenoxy) is 2. The minimum absolute atomic E-state index is 0.102. The Morgan fingerprint density at radius 1 is 1.28 bits per heavy atom. The molecule has 2 rings (SSSR count). The highest BCUT2D eigenvalue weighted by Crippen LogP contribution is 2.48. The Morgan fingerprint density at radius 2 is 1.94 bits per heavy atom. The first kappa shape index (κ1) is 12.9. The van der Waals surface area contributed by atoms with E-state index in [4.69, 9.17) is 9.47 Å². The molecule has 0 radical (unpaired) electrons. The van der Waals surface area contributed by atoms with Crippen LogP contribution in [-0.4, -0.2) is 33.3 Å². The third-order valence-electron chi connectivity index (χ3n) is 3.42. The van der Waals surface area contributed by atoms with Crippen molar-refractivity contribution < 1.29 is 14.3 Å². The lowest BCUT2D eigenvalue weighted by atomic mass is 9.95. The summed E-state index contributed by atoms with van der Waals surface area (Å²) in [5.41, 5.74) is 0.748. The van der Waals surface area contributed by atoms with Crippen LogP contribution in [0.1, 0.15) is 18.4 Å². The van der Waals surface area contributed by atoms with Crippen molar-refractivity contribution in [1.82, 2.24) is 5.32 Å². The van der Waals surface area contributed by atoms with E-state index in [1.807, 2.05) is 24.3 Å². The molecule has 0 spiro atoms. The van der Waals surface area contributed by atoms with E-state index in [0.29, 0.717) is 13.2 Å². The summed E-state index contributed by atoms with van der Waals surface area (Å²) in [5.74, 6) is 0.916. The Labute approximate surface area is 107 Å². The Balaban J connectivity index is 2.03. The van der Waals surface area contributed by atoms with E-state index in [9.17, 15) is 4.79 Å². The molecule has 1 amide bonds. The maximum absolute atomic E-state index is 12.2. The van der Waals surface area contributed by atoms with Gasteiger partial charge in [-0.15, -0.1) is 0 Å². The van der Waals surface area contributed by atoms with Crippen molar-refractivity contribution >= 4 is 5.91 Å². The number of benzene rings is 1. The molecule has 1 N–H and O–H groups in total. The summed E-state index contributed by atoms with van der Waals surface area (Å²) in [6, 6.07) is 7.75. The first-order valence-corrected chi connectivity index (χ1v) is 6.15. The summed E-state index contributed by atoms with van der Waals surface area (Å²) in [4.78, 5) is 12.2. The first-order valence-electron chi connectivity index (χ1n) is 6.15. The molecule has 1 aromatic carbocycles. The average Bonchev–Trinajstić information content (AvgIpc) is 3.20. The lowest BCUT2D eigenvalue weighted by Gasteiger charge is -2.16. The third kappa shape index (κ3) is 2.48. The van der Waals surface area contributed by atoms with Crippen molar-refractivity contribution in [3.05, 3.63) is 29.8 Å². The highest BCUT2D eigenvalue weighted by Gasteiger charge is 2.50. The van der Waals surface area contributed by atoms with E-state index < -0.39 is 0 Å². The number of hydrogen-bond acceptors (Lipinski definition) is 3. The van der Waals surface area contributed by atoms with Crippen LogP contribution in [0.5, 0.6) is 5.75 Å². The second-order valence-corrected chi connectivity index (χ2v) is 4.56. The van der Waals surface area contributed by atoms with Gasteiger partial charge in [0.15, 0.2) is 0 Å². The molecule has 4 nitrogen and oxygen atoms in total. The predicted octanol–water partition coefficient (Wildman–Crippen LogP) is 1.49. The van der Waals surface area contributed by atoms with Crippen LogP contribution in [-0.2, 0) is 14.9 Å². The monoisotopic (exact) mass is 249 g/mol. The van der Waals surface area contributed by atoms with Gasteiger partial charge in [-0.3, -0.25) is 4.79 Å². The van der Waals surface area contributed by atoms with Gasteiger partial charge in [0.05, 0.1) is 19.1 Å². The van der Waals surface area contributed by atoms with E-state index in [-0.39, 0.29) is 11.3 Å². The smallest absolute Gasteiger partial charge is 0.230 e. The van der Waals surface area contributed by atoms with E-state index in [1.165, 1.54) is 0 Å². The maximum Gasteiger partial charge on any atom is 0.230 e. The minimum atomic E-state index is -0.319. The van der Waals surface area contributed by atoms with E-state index in [1.54, 1.807) is 14.2 Å². The zero-order valence-corrected chi connectivity index (χ0v) is 10.9. The van der Waals surface area contributed by atoms with Crippen LogP contribution in [0.2, 0.25) is 0 Å². The number of amides is 1. The van der Waals surface area contributed by atoms with Gasteiger partial charge in [0.25, 0.3) is 0 Å². The molecule has 0 saturated heterocycles. The number of hydrogen-bond donors (Lipinski definition) is 1. The molecular formula is C14H19NO3. The van der Waals surface area contributed by atoms with Crippen molar-refractivity contribution in [1.29, 1.82) is 0 Å². The molecule has 0 aromatic heterocycles. The highest BCUT2D eigenvalue weighted by atomic mass is 16.5. The van der Waals surface area contributed by atoms with E-state index in [2.05, 4.69) is 5.32 Å². The molecular weight excluding hydrogens is 230 g/mol. The van der Waals surface area contributed by atoms with Crippen LogP contribution < -0.4 is 10.1 Å². The van der Waals surface area contributed by atoms with Gasteiger partial charge in [0.1, 0.15) is 5.75 Å². The Morgan fingerprint density at radius 3 is 2.44 bits per heavy atom. The second kappa shape index (κ2) is 5.40. The van der Waals surface area contributed by atoms with Crippen molar-refractivity contribution in [2.24, 2.45) is 0 Å². The van der Waals surface area contributed by atoms with Gasteiger partial charge in [-0.1, -0.05) is 12.1 Å². The van der Waals surface area contributed by atoms with Crippen LogP contribution in [0, 0.1) is 0 Å². The Kier molecular flexibility index (Phi) is 3.87. The van der Waals surface area contributed by atoms with Gasteiger partial charge >= 0.3 is 0 Å². The summed E-state index contributed by atoms with van der Waals surface area (Å²) in [7, 11) is 3.27. The number of nitrogens with one attached hydrogen (secondary N) is 1. The van der Waals surface area contributed by atoms with Crippen LogP contribution >= 0.6 is 0 Å². The van der Waals surface area contributed by atoms with Crippen molar-refractivity contribution in [3.8, 4) is 5.75 Å². The van der Waals surface area contributed by atoms with Crippen molar-refractivity contribution in [2.75, 3.05) is 27.4 Å². The number of carbonyl (C=O) groups is 1. The van der Waals surface area contributed by atoms with Crippen molar-refractivity contribution in [3.63, 3.8) is 0 Å². The molecule has 0 aliphatic heterocycles. The molecule has 4 heteroatoms. The highest BCUT2D eigenvalue weighted by molar-refractivity contribution is 5.91. The Hall–Kier alpha value is -1.55. The summed E-state index contributed by atoms with van der Waals surface area (Å²) in [6.07, 6.45) is 1.83. The molecule has 0 unspecified atom stereocenters. The van der Waals surface area contributed by atoms with Gasteiger partial charge in [0.2, 0.25) is 5.91 Å². The van der Waals surface area contributed by atoms with Crippen molar-refractivity contribution in [2.45, 2.75) is 18.3 Å². The molecule has 0 atom stereocenters. The standard InChI is InChI=1S/C14H19NO3/c1-17-10-9-15-13(16)14(7-8-14)11-3-5-12(18-2)6-4-11/h3-6H,7-10H2,1-2H3,(H,15,16). The van der Waals surface area contributed by atoms with Gasteiger partial charge in [-0.25, -0.2) is 0 Å². The minimum Gasteiger partial charge on any atom is -0.497 e. The van der Waals surface area contributed by atoms with Gasteiger partial charge in [0, 0.05) is 13.7 Å². The molecule has 1 aliphatic carbocycles. The maximum atomic E-state index is 12.2. The van der Waals surface area contributed by atoms with Crippen LogP contribution in [0.15, 0.2) is 24.3 Å². The van der Waals surface area contributed by atoms with Gasteiger partial charge < -0.3 is 14.8 Å². The summed E-state index contributed by atoms with van der Waals surface area (Å²) >= 11 is 0. The molecule has 1 saturated carbocycles. The largest absolute Gasteiger partial charge is 0.497 e. The topological polar surface area (TPSA) is 47.6 Å². The summed E-state index contributed by atoms with van der Waals surface area (Å²) in [5, 5.41) is 2.92. The average molecular weight is 249 g/mol. The van der Waals surface area contributed by atoms with Gasteiger partial charge in [-0.2, -0.15) is 0 Å². The van der Waals surface area contributed by atoms with E-state index >= 15 is 0 Å².